The smallest absolute Gasteiger partial charge is 0.308 e. The number of amides is 1. The van der Waals surface area contributed by atoms with Crippen molar-refractivity contribution >= 4 is 21.7 Å². The molecule has 2 aliphatic rings. The van der Waals surface area contributed by atoms with Crippen LogP contribution < -0.4 is 0 Å². The Hall–Kier alpha value is -1.11. The number of aliphatic carboxylic acids is 1. The quantitative estimate of drug-likeness (QED) is 0.823. The van der Waals surface area contributed by atoms with Crippen molar-refractivity contribution in [1.29, 1.82) is 0 Å². The zero-order valence-corrected chi connectivity index (χ0v) is 13.8. The Balaban J connectivity index is 1.91. The molecule has 0 aromatic carbocycles. The number of carboxylic acids is 1. The predicted molar refractivity (Wildman–Crippen MR) is 82.2 cm³/mol. The first-order valence-corrected chi connectivity index (χ1v) is 9.76. The van der Waals surface area contributed by atoms with Gasteiger partial charge in [0.25, 0.3) is 0 Å². The minimum Gasteiger partial charge on any atom is -0.481 e. The van der Waals surface area contributed by atoms with Crippen LogP contribution in [-0.2, 0) is 19.4 Å². The average molecular weight is 331 g/mol. The molecule has 0 radical (unpaired) electrons. The van der Waals surface area contributed by atoms with Crippen molar-refractivity contribution in [2.75, 3.05) is 12.3 Å². The number of piperidine rings is 1. The highest BCUT2D eigenvalue weighted by Gasteiger charge is 2.34. The lowest BCUT2D eigenvalue weighted by molar-refractivity contribution is -0.147. The molecule has 6 nitrogen and oxygen atoms in total. The molecular formula is C15H25NO5S. The monoisotopic (exact) mass is 331 g/mol. The molecule has 0 aromatic rings. The van der Waals surface area contributed by atoms with E-state index in [1.165, 1.54) is 0 Å². The van der Waals surface area contributed by atoms with Crippen LogP contribution in [0.5, 0.6) is 0 Å². The summed E-state index contributed by atoms with van der Waals surface area (Å²) in [5, 5.41) is 8.81. The van der Waals surface area contributed by atoms with Crippen LogP contribution in [0.4, 0.5) is 0 Å². The Morgan fingerprint density at radius 1 is 1.14 bits per heavy atom. The summed E-state index contributed by atoms with van der Waals surface area (Å²) in [5.74, 6) is -1.77. The van der Waals surface area contributed by atoms with Gasteiger partial charge < -0.3 is 10.0 Å². The Kier molecular flexibility index (Phi) is 5.47. The number of likely N-dealkylation sites (tertiary alicyclic amines) is 1. The van der Waals surface area contributed by atoms with Gasteiger partial charge in [0.2, 0.25) is 5.91 Å². The number of nitrogens with zero attached hydrogens (tertiary/aromatic N) is 1. The van der Waals surface area contributed by atoms with Gasteiger partial charge in [-0.3, -0.25) is 9.59 Å². The van der Waals surface area contributed by atoms with E-state index in [4.69, 9.17) is 5.11 Å². The molecule has 1 N–H and O–H groups in total. The summed E-state index contributed by atoms with van der Waals surface area (Å²) in [6, 6.07) is -0.0164. The van der Waals surface area contributed by atoms with Crippen LogP contribution in [0.1, 0.15) is 51.9 Å². The van der Waals surface area contributed by atoms with Crippen molar-refractivity contribution < 1.29 is 23.1 Å². The normalized spacial score (nSPS) is 27.0. The largest absolute Gasteiger partial charge is 0.481 e. The van der Waals surface area contributed by atoms with Crippen LogP contribution in [0.3, 0.4) is 0 Å². The minimum absolute atomic E-state index is 0.0164. The summed E-state index contributed by atoms with van der Waals surface area (Å²) in [4.78, 5) is 24.9. The van der Waals surface area contributed by atoms with E-state index in [0.717, 1.165) is 12.8 Å². The number of carbonyl (C=O) groups is 2. The third-order valence-corrected chi connectivity index (χ3v) is 7.22. The summed E-state index contributed by atoms with van der Waals surface area (Å²) in [5.41, 5.74) is 0. The van der Waals surface area contributed by atoms with Crippen LogP contribution >= 0.6 is 0 Å². The highest BCUT2D eigenvalue weighted by molar-refractivity contribution is 7.92. The van der Waals surface area contributed by atoms with E-state index in [9.17, 15) is 18.0 Å². The highest BCUT2D eigenvalue weighted by Crippen LogP contribution is 2.26. The van der Waals surface area contributed by atoms with E-state index in [-0.39, 0.29) is 35.9 Å². The molecule has 0 aromatic heterocycles. The Morgan fingerprint density at radius 2 is 1.77 bits per heavy atom. The molecule has 1 aliphatic carbocycles. The first kappa shape index (κ1) is 17.2. The molecule has 2 atom stereocenters. The Bertz CT molecular complexity index is 524. The zero-order valence-electron chi connectivity index (χ0n) is 13.0. The van der Waals surface area contributed by atoms with Crippen LogP contribution in [0.15, 0.2) is 0 Å². The van der Waals surface area contributed by atoms with E-state index in [2.05, 4.69) is 0 Å². The van der Waals surface area contributed by atoms with E-state index >= 15 is 0 Å². The minimum atomic E-state index is -3.20. The Morgan fingerprint density at radius 3 is 2.36 bits per heavy atom. The van der Waals surface area contributed by atoms with Gasteiger partial charge in [-0.1, -0.05) is 12.8 Å². The first-order chi connectivity index (χ1) is 10.3. The third-order valence-electron chi connectivity index (χ3n) is 4.96. The van der Waals surface area contributed by atoms with E-state index < -0.39 is 21.7 Å². The Labute approximate surface area is 131 Å². The standard InChI is InChI=1S/C15H25NO5S/c1-11-6-7-12(15(18)19)10-16(11)14(17)8-9-22(20,21)13-4-2-3-5-13/h11-13H,2-10H2,1H3,(H,18,19). The fourth-order valence-corrected chi connectivity index (χ4v) is 5.29. The molecule has 0 spiro atoms. The van der Waals surface area contributed by atoms with Gasteiger partial charge in [0, 0.05) is 19.0 Å². The molecule has 22 heavy (non-hydrogen) atoms. The highest BCUT2D eigenvalue weighted by atomic mass is 32.2. The van der Waals surface area contributed by atoms with Gasteiger partial charge in [-0.2, -0.15) is 0 Å². The lowest BCUT2D eigenvalue weighted by Gasteiger charge is -2.36. The number of rotatable bonds is 5. The fraction of sp³-hybridized carbons (Fsp3) is 0.867. The number of carbonyl (C=O) groups excluding carboxylic acids is 1. The molecule has 1 heterocycles. The molecule has 2 rings (SSSR count). The van der Waals surface area contributed by atoms with Gasteiger partial charge in [-0.15, -0.1) is 0 Å². The topological polar surface area (TPSA) is 91.8 Å². The summed E-state index contributed by atoms with van der Waals surface area (Å²) in [6.45, 7) is 2.08. The summed E-state index contributed by atoms with van der Waals surface area (Å²) in [6.07, 6.45) is 4.49. The first-order valence-electron chi connectivity index (χ1n) is 8.05. The van der Waals surface area contributed by atoms with Crippen molar-refractivity contribution in [3.63, 3.8) is 0 Å². The number of hydrogen-bond acceptors (Lipinski definition) is 4. The average Bonchev–Trinajstić information content (AvgIpc) is 3.00. The molecule has 7 heteroatoms. The van der Waals surface area contributed by atoms with Crippen molar-refractivity contribution in [2.24, 2.45) is 5.92 Å². The SMILES string of the molecule is CC1CCC(C(=O)O)CN1C(=O)CCS(=O)(=O)C1CCCC1. The van der Waals surface area contributed by atoms with E-state index in [1.54, 1.807) is 4.90 Å². The summed E-state index contributed by atoms with van der Waals surface area (Å²) in [7, 11) is -3.20. The maximum absolute atomic E-state index is 12.3. The molecule has 1 aliphatic heterocycles. The van der Waals surface area contributed by atoms with Gasteiger partial charge in [0.1, 0.15) is 0 Å². The fourth-order valence-electron chi connectivity index (χ4n) is 3.44. The number of hydrogen-bond donors (Lipinski definition) is 1. The third kappa shape index (κ3) is 4.00. The van der Waals surface area contributed by atoms with E-state index in [0.29, 0.717) is 25.7 Å². The second kappa shape index (κ2) is 6.98. The molecule has 1 amide bonds. The van der Waals surface area contributed by atoms with E-state index in [1.807, 2.05) is 6.92 Å². The number of carboxylic acid groups (broad SMARTS) is 1. The van der Waals surface area contributed by atoms with Gasteiger partial charge in [0.15, 0.2) is 9.84 Å². The van der Waals surface area contributed by atoms with Crippen molar-refractivity contribution in [2.45, 2.75) is 63.2 Å². The lowest BCUT2D eigenvalue weighted by Crippen LogP contribution is -2.47. The molecule has 0 bridgehead atoms. The van der Waals surface area contributed by atoms with Crippen molar-refractivity contribution in [3.8, 4) is 0 Å². The second-order valence-corrected chi connectivity index (χ2v) is 8.93. The van der Waals surface area contributed by atoms with Crippen molar-refractivity contribution in [3.05, 3.63) is 0 Å². The molecule has 1 saturated carbocycles. The molecule has 126 valence electrons. The number of sulfone groups is 1. The lowest BCUT2D eigenvalue weighted by atomic mass is 9.93. The molecule has 1 saturated heterocycles. The van der Waals surface area contributed by atoms with Gasteiger partial charge in [-0.05, 0) is 32.6 Å². The summed E-state index contributed by atoms with van der Waals surface area (Å²) >= 11 is 0. The van der Waals surface area contributed by atoms with Crippen LogP contribution in [0.2, 0.25) is 0 Å². The van der Waals surface area contributed by atoms with Crippen LogP contribution in [0, 0.1) is 5.92 Å². The second-order valence-electron chi connectivity index (χ2n) is 6.53. The van der Waals surface area contributed by atoms with Gasteiger partial charge >= 0.3 is 5.97 Å². The van der Waals surface area contributed by atoms with Crippen molar-refractivity contribution in [1.82, 2.24) is 4.90 Å². The maximum Gasteiger partial charge on any atom is 0.308 e. The molecule has 2 unspecified atom stereocenters. The van der Waals surface area contributed by atoms with Crippen LogP contribution in [-0.4, -0.2) is 53.9 Å². The zero-order chi connectivity index (χ0) is 16.3. The molecule has 2 fully saturated rings. The molecular weight excluding hydrogens is 306 g/mol. The summed E-state index contributed by atoms with van der Waals surface area (Å²) < 4.78 is 24.4. The predicted octanol–water partition coefficient (Wildman–Crippen LogP) is 1.45. The maximum atomic E-state index is 12.3. The van der Waals surface area contributed by atoms with Gasteiger partial charge in [0.05, 0.1) is 16.9 Å². The van der Waals surface area contributed by atoms with Gasteiger partial charge in [-0.25, -0.2) is 8.42 Å². The van der Waals surface area contributed by atoms with Crippen LogP contribution in [0.25, 0.3) is 0 Å².